The maximum absolute atomic E-state index is 11.8. The Balaban J connectivity index is 2.16. The van der Waals surface area contributed by atoms with Gasteiger partial charge in [-0.2, -0.15) is 16.6 Å². The molecule has 90 valence electrons. The van der Waals surface area contributed by atoms with E-state index < -0.39 is 6.04 Å². The molecule has 1 unspecified atom stereocenters. The van der Waals surface area contributed by atoms with Gasteiger partial charge in [0.1, 0.15) is 6.04 Å². The third-order valence-corrected chi connectivity index (χ3v) is 3.29. The Morgan fingerprint density at radius 1 is 1.44 bits per heavy atom. The first kappa shape index (κ1) is 12.6. The van der Waals surface area contributed by atoms with Crippen LogP contribution in [0.25, 0.3) is 0 Å². The molecule has 2 rings (SSSR count). The molecule has 0 spiro atoms. The number of amides is 1. The highest BCUT2D eigenvalue weighted by atomic mass is 35.5. The van der Waals surface area contributed by atoms with Crippen molar-refractivity contribution in [3.63, 3.8) is 0 Å². The molecule has 18 heavy (non-hydrogen) atoms. The quantitative estimate of drug-likeness (QED) is 0.934. The van der Waals surface area contributed by atoms with Crippen molar-refractivity contribution in [2.24, 2.45) is 0 Å². The predicted octanol–water partition coefficient (Wildman–Crippen LogP) is 3.40. The van der Waals surface area contributed by atoms with Crippen LogP contribution in [0.5, 0.6) is 0 Å². The second-order valence-electron chi connectivity index (χ2n) is 3.60. The van der Waals surface area contributed by atoms with E-state index >= 15 is 0 Å². The number of thiophene rings is 1. The van der Waals surface area contributed by atoms with Crippen LogP contribution in [0.4, 0.5) is 0 Å². The van der Waals surface area contributed by atoms with Crippen LogP contribution in [0.15, 0.2) is 41.1 Å². The summed E-state index contributed by atoms with van der Waals surface area (Å²) in [5.41, 5.74) is 1.23. The van der Waals surface area contributed by atoms with E-state index in [4.69, 9.17) is 16.9 Å². The van der Waals surface area contributed by atoms with Gasteiger partial charge in [-0.05, 0) is 29.1 Å². The second-order valence-corrected chi connectivity index (χ2v) is 4.82. The molecular formula is C13H9ClN2OS. The van der Waals surface area contributed by atoms with E-state index in [1.54, 1.807) is 35.7 Å². The first-order valence-electron chi connectivity index (χ1n) is 5.19. The average Bonchev–Trinajstić information content (AvgIpc) is 2.89. The lowest BCUT2D eigenvalue weighted by Crippen LogP contribution is -2.27. The summed E-state index contributed by atoms with van der Waals surface area (Å²) in [6, 6.07) is 9.97. The number of nitrogens with zero attached hydrogens (tertiary/aromatic N) is 1. The Bertz CT molecular complexity index is 589. The van der Waals surface area contributed by atoms with Crippen molar-refractivity contribution in [1.82, 2.24) is 5.32 Å². The summed E-state index contributed by atoms with van der Waals surface area (Å²) in [4.78, 5) is 11.8. The summed E-state index contributed by atoms with van der Waals surface area (Å²) < 4.78 is 0. The molecule has 5 heteroatoms. The van der Waals surface area contributed by atoms with E-state index in [0.717, 1.165) is 0 Å². The Labute approximate surface area is 114 Å². The number of rotatable bonds is 3. The molecule has 0 fully saturated rings. The number of carbonyl (C=O) groups excluding carboxylic acids is 1. The standard InChI is InChI=1S/C13H9ClN2OS/c14-11-3-1-2-9(6-11)12(7-15)16-13(17)10-4-5-18-8-10/h1-6,8,12H,(H,16,17). The van der Waals surface area contributed by atoms with Crippen molar-refractivity contribution in [1.29, 1.82) is 5.26 Å². The molecule has 2 aromatic rings. The average molecular weight is 277 g/mol. The molecule has 1 amide bonds. The van der Waals surface area contributed by atoms with E-state index in [0.29, 0.717) is 16.1 Å². The fraction of sp³-hybridized carbons (Fsp3) is 0.0769. The molecule has 3 nitrogen and oxygen atoms in total. The minimum atomic E-state index is -0.698. The van der Waals surface area contributed by atoms with Crippen LogP contribution in [-0.4, -0.2) is 5.91 Å². The van der Waals surface area contributed by atoms with Gasteiger partial charge in [-0.15, -0.1) is 0 Å². The van der Waals surface area contributed by atoms with Crippen molar-refractivity contribution in [3.8, 4) is 6.07 Å². The van der Waals surface area contributed by atoms with Crippen LogP contribution in [0, 0.1) is 11.3 Å². The topological polar surface area (TPSA) is 52.9 Å². The molecule has 1 aromatic carbocycles. The number of nitriles is 1. The van der Waals surface area contributed by atoms with Gasteiger partial charge in [0, 0.05) is 10.4 Å². The Morgan fingerprint density at radius 2 is 2.28 bits per heavy atom. The zero-order chi connectivity index (χ0) is 13.0. The van der Waals surface area contributed by atoms with Gasteiger partial charge in [-0.3, -0.25) is 4.79 Å². The SMILES string of the molecule is N#CC(NC(=O)c1ccsc1)c1cccc(Cl)c1. The van der Waals surface area contributed by atoms with Gasteiger partial charge >= 0.3 is 0 Å². The van der Waals surface area contributed by atoms with Crippen molar-refractivity contribution in [2.75, 3.05) is 0 Å². The van der Waals surface area contributed by atoms with Gasteiger partial charge < -0.3 is 5.32 Å². The lowest BCUT2D eigenvalue weighted by Gasteiger charge is -2.11. The van der Waals surface area contributed by atoms with E-state index in [1.807, 2.05) is 5.38 Å². The second kappa shape index (κ2) is 5.67. The third-order valence-electron chi connectivity index (χ3n) is 2.37. The van der Waals surface area contributed by atoms with Gasteiger partial charge in [0.05, 0.1) is 11.6 Å². The first-order valence-corrected chi connectivity index (χ1v) is 6.51. The van der Waals surface area contributed by atoms with E-state index in [9.17, 15) is 4.79 Å². The summed E-state index contributed by atoms with van der Waals surface area (Å²) in [7, 11) is 0. The molecule has 0 bridgehead atoms. The number of benzene rings is 1. The molecule has 1 aromatic heterocycles. The lowest BCUT2D eigenvalue weighted by atomic mass is 10.1. The summed E-state index contributed by atoms with van der Waals surface area (Å²) in [5, 5.41) is 15.9. The maximum atomic E-state index is 11.8. The van der Waals surface area contributed by atoms with Gasteiger partial charge in [-0.1, -0.05) is 23.7 Å². The molecule has 0 saturated heterocycles. The minimum Gasteiger partial charge on any atom is -0.332 e. The maximum Gasteiger partial charge on any atom is 0.253 e. The van der Waals surface area contributed by atoms with Crippen LogP contribution in [0.1, 0.15) is 22.0 Å². The van der Waals surface area contributed by atoms with E-state index in [2.05, 4.69) is 11.4 Å². The van der Waals surface area contributed by atoms with Crippen molar-refractivity contribution in [3.05, 3.63) is 57.2 Å². The monoisotopic (exact) mass is 276 g/mol. The van der Waals surface area contributed by atoms with E-state index in [-0.39, 0.29) is 5.91 Å². The Hall–Kier alpha value is -1.83. The number of hydrogen-bond acceptors (Lipinski definition) is 3. The first-order chi connectivity index (χ1) is 8.70. The number of carbonyl (C=O) groups is 1. The fourth-order valence-electron chi connectivity index (χ4n) is 1.48. The van der Waals surface area contributed by atoms with Crippen LogP contribution >= 0.6 is 22.9 Å². The zero-order valence-electron chi connectivity index (χ0n) is 9.26. The fourth-order valence-corrected chi connectivity index (χ4v) is 2.32. The van der Waals surface area contributed by atoms with Gasteiger partial charge in [0.15, 0.2) is 0 Å². The van der Waals surface area contributed by atoms with E-state index in [1.165, 1.54) is 11.3 Å². The summed E-state index contributed by atoms with van der Waals surface area (Å²) in [6.07, 6.45) is 0. The highest BCUT2D eigenvalue weighted by Gasteiger charge is 2.15. The number of hydrogen-bond donors (Lipinski definition) is 1. The van der Waals surface area contributed by atoms with Gasteiger partial charge in [0.25, 0.3) is 5.91 Å². The zero-order valence-corrected chi connectivity index (χ0v) is 10.8. The smallest absolute Gasteiger partial charge is 0.253 e. The van der Waals surface area contributed by atoms with Gasteiger partial charge in [-0.25, -0.2) is 0 Å². The van der Waals surface area contributed by atoms with Crippen LogP contribution in [-0.2, 0) is 0 Å². The highest BCUT2D eigenvalue weighted by molar-refractivity contribution is 7.08. The normalized spacial score (nSPS) is 11.6. The summed E-state index contributed by atoms with van der Waals surface area (Å²) >= 11 is 7.30. The molecule has 0 saturated carbocycles. The third kappa shape index (κ3) is 2.89. The number of nitrogens with one attached hydrogen (secondary N) is 1. The molecule has 0 aliphatic rings. The molecule has 0 radical (unpaired) electrons. The van der Waals surface area contributed by atoms with Crippen LogP contribution < -0.4 is 5.32 Å². The summed E-state index contributed by atoms with van der Waals surface area (Å²) in [5.74, 6) is -0.261. The molecule has 0 aliphatic carbocycles. The molecule has 1 heterocycles. The molecule has 0 aliphatic heterocycles. The largest absolute Gasteiger partial charge is 0.332 e. The molecule has 1 N–H and O–H groups in total. The molecular weight excluding hydrogens is 268 g/mol. The Morgan fingerprint density at radius 3 is 2.89 bits per heavy atom. The predicted molar refractivity (Wildman–Crippen MR) is 71.6 cm³/mol. The van der Waals surface area contributed by atoms with Crippen LogP contribution in [0.3, 0.4) is 0 Å². The van der Waals surface area contributed by atoms with Crippen molar-refractivity contribution in [2.45, 2.75) is 6.04 Å². The number of halogens is 1. The van der Waals surface area contributed by atoms with Crippen LogP contribution in [0.2, 0.25) is 5.02 Å². The minimum absolute atomic E-state index is 0.261. The Kier molecular flexibility index (Phi) is 3.98. The van der Waals surface area contributed by atoms with Crippen molar-refractivity contribution >= 4 is 28.8 Å². The lowest BCUT2D eigenvalue weighted by molar-refractivity contribution is 0.0945. The highest BCUT2D eigenvalue weighted by Crippen LogP contribution is 2.18. The molecule has 1 atom stereocenters. The van der Waals surface area contributed by atoms with Crippen molar-refractivity contribution < 1.29 is 4.79 Å². The summed E-state index contributed by atoms with van der Waals surface area (Å²) in [6.45, 7) is 0. The van der Waals surface area contributed by atoms with Gasteiger partial charge in [0.2, 0.25) is 0 Å².